The molecule has 0 aliphatic heterocycles. The van der Waals surface area contributed by atoms with Crippen molar-refractivity contribution in [1.82, 2.24) is 0 Å². The first-order valence-corrected chi connectivity index (χ1v) is 45.1. The molecule has 19 heteroatoms. The van der Waals surface area contributed by atoms with Crippen LogP contribution in [0.4, 0.5) is 0 Å². The highest BCUT2D eigenvalue weighted by Crippen LogP contribution is 2.45. The molecule has 0 aliphatic rings. The van der Waals surface area contributed by atoms with Gasteiger partial charge in [-0.15, -0.1) is 0 Å². The number of carbonyl (C=O) groups is 4. The molecule has 108 heavy (non-hydrogen) atoms. The van der Waals surface area contributed by atoms with Crippen molar-refractivity contribution in [2.24, 2.45) is 0 Å². The molecule has 3 N–H and O–H groups in total. The number of phosphoric ester groups is 2. The van der Waals surface area contributed by atoms with E-state index in [1.807, 2.05) is 18.2 Å². The van der Waals surface area contributed by atoms with Gasteiger partial charge in [0.1, 0.15) is 19.3 Å². The fraction of sp³-hybridized carbons (Fsp3) is 0.685. The van der Waals surface area contributed by atoms with Gasteiger partial charge >= 0.3 is 39.5 Å². The second-order valence-corrected chi connectivity index (χ2v) is 30.6. The Morgan fingerprint density at radius 2 is 0.500 bits per heavy atom. The molecule has 0 saturated heterocycles. The highest BCUT2D eigenvalue weighted by molar-refractivity contribution is 7.47. The minimum absolute atomic E-state index is 0.0289. The molecule has 0 fully saturated rings. The number of rotatable bonds is 78. The predicted molar refractivity (Wildman–Crippen MR) is 445 cm³/mol. The Bertz CT molecular complexity index is 2610. The molecule has 5 unspecified atom stereocenters. The average Bonchev–Trinajstić information content (AvgIpc) is 0.896. The van der Waals surface area contributed by atoms with E-state index in [9.17, 15) is 43.2 Å². The first-order valence-electron chi connectivity index (χ1n) is 42.1. The highest BCUT2D eigenvalue weighted by Gasteiger charge is 2.30. The number of hydrogen-bond donors (Lipinski definition) is 3. The maximum atomic E-state index is 13.1. The van der Waals surface area contributed by atoms with E-state index < -0.39 is 97.5 Å². The van der Waals surface area contributed by atoms with E-state index >= 15 is 0 Å². The quantitative estimate of drug-likeness (QED) is 0.0169. The summed E-state index contributed by atoms with van der Waals surface area (Å²) in [7, 11) is -10.0. The summed E-state index contributed by atoms with van der Waals surface area (Å²) in [6.45, 7) is 4.60. The SMILES string of the molecule is CC/C=C\C/C=C\C/C=C\C/C=C\C/C=C\C/C=C\CCC(=O)OCC(COP(=O)(O)OCC(O)COP(=O)(O)OCC(COC(=O)CCCCCCC/C=C\C/C=C\CCCCC)OC(=O)CCCCCCC/C=C\CCCCCCCC)OC(=O)CCCCCCCC/C=C\C/C=C\C/C=C\CCCCC. The molecule has 0 aromatic carbocycles. The van der Waals surface area contributed by atoms with Crippen molar-refractivity contribution in [3.8, 4) is 0 Å². The lowest BCUT2D eigenvalue weighted by Gasteiger charge is -2.21. The molecule has 17 nitrogen and oxygen atoms in total. The van der Waals surface area contributed by atoms with Gasteiger partial charge in [-0.05, 0) is 161 Å². The van der Waals surface area contributed by atoms with Crippen LogP contribution in [0.2, 0.25) is 0 Å². The second-order valence-electron chi connectivity index (χ2n) is 27.7. The van der Waals surface area contributed by atoms with Gasteiger partial charge in [-0.25, -0.2) is 9.13 Å². The van der Waals surface area contributed by atoms with Gasteiger partial charge in [-0.2, -0.15) is 0 Å². The largest absolute Gasteiger partial charge is 0.472 e. The van der Waals surface area contributed by atoms with Crippen molar-refractivity contribution in [3.63, 3.8) is 0 Å². The minimum atomic E-state index is -5.01. The molecule has 0 rings (SSSR count). The lowest BCUT2D eigenvalue weighted by Crippen LogP contribution is -2.30. The van der Waals surface area contributed by atoms with Crippen LogP contribution < -0.4 is 0 Å². The summed E-state index contributed by atoms with van der Waals surface area (Å²) in [5.74, 6) is -2.31. The van der Waals surface area contributed by atoms with Crippen LogP contribution in [0, 0.1) is 0 Å². The van der Waals surface area contributed by atoms with Crippen LogP contribution in [-0.2, 0) is 65.4 Å². The van der Waals surface area contributed by atoms with Crippen LogP contribution in [-0.4, -0.2) is 96.7 Å². The Morgan fingerprint density at radius 3 is 0.824 bits per heavy atom. The monoisotopic (exact) mass is 1550 g/mol. The number of esters is 4. The number of allylic oxidation sites excluding steroid dienone is 24. The van der Waals surface area contributed by atoms with Crippen LogP contribution in [0.25, 0.3) is 0 Å². The minimum Gasteiger partial charge on any atom is -0.462 e. The van der Waals surface area contributed by atoms with Gasteiger partial charge in [0.15, 0.2) is 12.2 Å². The average molecular weight is 1550 g/mol. The summed E-state index contributed by atoms with van der Waals surface area (Å²) in [6.07, 6.45) is 92.5. The van der Waals surface area contributed by atoms with Crippen molar-refractivity contribution >= 4 is 39.5 Å². The highest BCUT2D eigenvalue weighted by atomic mass is 31.2. The second kappa shape index (κ2) is 80.0. The van der Waals surface area contributed by atoms with E-state index in [0.29, 0.717) is 32.1 Å². The third-order valence-corrected chi connectivity index (χ3v) is 19.2. The van der Waals surface area contributed by atoms with Gasteiger partial charge in [0, 0.05) is 25.7 Å². The Balaban J connectivity index is 5.47. The number of unbranched alkanes of at least 4 members (excludes halogenated alkanes) is 28. The molecule has 0 amide bonds. The van der Waals surface area contributed by atoms with Crippen LogP contribution in [0.5, 0.6) is 0 Å². The fourth-order valence-electron chi connectivity index (χ4n) is 10.9. The van der Waals surface area contributed by atoms with Gasteiger partial charge in [-0.3, -0.25) is 37.3 Å². The molecule has 0 aliphatic carbocycles. The summed E-state index contributed by atoms with van der Waals surface area (Å²) < 4.78 is 68.7. The number of hydrogen-bond acceptors (Lipinski definition) is 15. The molecule has 0 aromatic heterocycles. The van der Waals surface area contributed by atoms with Gasteiger partial charge in [-0.1, -0.05) is 296 Å². The molecule has 0 aromatic rings. The maximum Gasteiger partial charge on any atom is 0.472 e. The van der Waals surface area contributed by atoms with Gasteiger partial charge < -0.3 is 33.8 Å². The maximum absolute atomic E-state index is 13.1. The summed E-state index contributed by atoms with van der Waals surface area (Å²) in [5.41, 5.74) is 0. The van der Waals surface area contributed by atoms with Crippen LogP contribution in [0.15, 0.2) is 146 Å². The topological polar surface area (TPSA) is 237 Å². The van der Waals surface area contributed by atoms with Crippen molar-refractivity contribution in [1.29, 1.82) is 0 Å². The predicted octanol–water partition coefficient (Wildman–Crippen LogP) is 25.0. The molecular formula is C89H150O17P2. The van der Waals surface area contributed by atoms with Gasteiger partial charge in [0.05, 0.1) is 26.4 Å². The standard InChI is InChI=1S/C89H150O17P2/c1-5-9-13-17-21-25-29-33-37-39-41-43-47-50-54-58-62-66-70-74-87(92)100-80-85(106-89(94)76-72-68-64-60-56-52-48-44-42-40-38-34-30-26-22-18-14-10-6-2)82-104-108(97,98)102-78-83(90)77-101-107(95,96)103-81-84(105-88(93)75-71-67-63-59-55-51-46-36-32-28-24-20-16-12-8-4)79-99-86(91)73-69-65-61-57-53-49-45-35-31-27-23-19-15-11-7-3/h9,13,21-23,25-27,33-38,41-46,50,54,62,66,83-85,90H,5-8,10-12,14-20,24,28-32,39-40,47-49,51-53,55-61,63-65,67-82H2,1-4H3,(H,95,96)(H,97,98)/b13-9-,25-21-,26-22-,27-23-,37-33-,38-34-,43-41-,44-42-,45-35-,46-36-,54-50-,66-62-. The lowest BCUT2D eigenvalue weighted by atomic mass is 10.1. The van der Waals surface area contributed by atoms with Crippen LogP contribution in [0.1, 0.15) is 336 Å². The first-order chi connectivity index (χ1) is 52.7. The molecule has 0 bridgehead atoms. The Morgan fingerprint density at radius 1 is 0.269 bits per heavy atom. The molecule has 0 spiro atoms. The zero-order valence-electron chi connectivity index (χ0n) is 67.7. The Kier molecular flexibility index (Phi) is 76.3. The van der Waals surface area contributed by atoms with Crippen LogP contribution in [0.3, 0.4) is 0 Å². The van der Waals surface area contributed by atoms with E-state index in [0.717, 1.165) is 173 Å². The Labute approximate surface area is 656 Å². The zero-order chi connectivity index (χ0) is 78.9. The Hall–Kier alpha value is -5.06. The van der Waals surface area contributed by atoms with Crippen LogP contribution >= 0.6 is 15.6 Å². The number of phosphoric acid groups is 2. The molecule has 0 saturated carbocycles. The molecule has 5 atom stereocenters. The molecule has 0 heterocycles. The number of aliphatic hydroxyl groups is 1. The van der Waals surface area contributed by atoms with Crippen molar-refractivity contribution < 1.29 is 80.2 Å². The van der Waals surface area contributed by atoms with Crippen molar-refractivity contribution in [3.05, 3.63) is 146 Å². The van der Waals surface area contributed by atoms with E-state index in [1.54, 1.807) is 0 Å². The number of carbonyl (C=O) groups excluding carboxylic acids is 4. The van der Waals surface area contributed by atoms with Crippen molar-refractivity contribution in [2.75, 3.05) is 39.6 Å². The first kappa shape index (κ1) is 103. The third kappa shape index (κ3) is 79.0. The molecular weight excluding hydrogens is 1400 g/mol. The smallest absolute Gasteiger partial charge is 0.462 e. The number of aliphatic hydroxyl groups excluding tert-OH is 1. The summed E-state index contributed by atoms with van der Waals surface area (Å²) in [5, 5.41) is 10.7. The summed E-state index contributed by atoms with van der Waals surface area (Å²) in [4.78, 5) is 73.2. The zero-order valence-corrected chi connectivity index (χ0v) is 69.5. The molecule has 618 valence electrons. The van der Waals surface area contributed by atoms with Crippen molar-refractivity contribution in [2.45, 2.75) is 354 Å². The van der Waals surface area contributed by atoms with E-state index in [-0.39, 0.29) is 25.7 Å². The summed E-state index contributed by atoms with van der Waals surface area (Å²) >= 11 is 0. The van der Waals surface area contributed by atoms with E-state index in [2.05, 4.69) is 155 Å². The number of ether oxygens (including phenoxy) is 4. The molecule has 0 radical (unpaired) electrons. The lowest BCUT2D eigenvalue weighted by molar-refractivity contribution is -0.161. The fourth-order valence-corrected chi connectivity index (χ4v) is 12.4. The van der Waals surface area contributed by atoms with E-state index in [4.69, 9.17) is 37.0 Å². The van der Waals surface area contributed by atoms with E-state index in [1.165, 1.54) is 77.0 Å². The third-order valence-electron chi connectivity index (χ3n) is 17.3. The van der Waals surface area contributed by atoms with Gasteiger partial charge in [0.25, 0.3) is 0 Å². The summed E-state index contributed by atoms with van der Waals surface area (Å²) in [6, 6.07) is 0. The normalized spacial score (nSPS) is 14.5. The van der Waals surface area contributed by atoms with Gasteiger partial charge in [0.2, 0.25) is 0 Å².